The van der Waals surface area contributed by atoms with Crippen LogP contribution in [0.15, 0.2) is 48.9 Å². The van der Waals surface area contributed by atoms with Crippen LogP contribution in [0.4, 0.5) is 0 Å². The minimum atomic E-state index is 0.549. The summed E-state index contributed by atoms with van der Waals surface area (Å²) < 4.78 is 7.47. The molecule has 1 aliphatic rings. The van der Waals surface area contributed by atoms with Crippen LogP contribution in [0.25, 0.3) is 0 Å². The molecule has 0 bridgehead atoms. The van der Waals surface area contributed by atoms with Crippen molar-refractivity contribution in [2.75, 3.05) is 20.2 Å². The van der Waals surface area contributed by atoms with Crippen molar-refractivity contribution in [2.45, 2.75) is 31.8 Å². The van der Waals surface area contributed by atoms with Gasteiger partial charge in [0.05, 0.1) is 13.7 Å². The maximum atomic E-state index is 5.54. The van der Waals surface area contributed by atoms with E-state index >= 15 is 0 Å². The molecule has 0 saturated carbocycles. The van der Waals surface area contributed by atoms with Gasteiger partial charge in [0.15, 0.2) is 0 Å². The summed E-state index contributed by atoms with van der Waals surface area (Å²) >= 11 is 0. The molecule has 1 N–H and O–H groups in total. The van der Waals surface area contributed by atoms with Crippen molar-refractivity contribution in [1.82, 2.24) is 24.9 Å². The summed E-state index contributed by atoms with van der Waals surface area (Å²) in [4.78, 5) is 2.54. The molecule has 4 rings (SSSR count). The van der Waals surface area contributed by atoms with Gasteiger partial charge in [-0.15, -0.1) is 0 Å². The van der Waals surface area contributed by atoms with Crippen LogP contribution in [0.1, 0.15) is 35.6 Å². The number of aromatic nitrogens is 4. The second-order valence-corrected chi connectivity index (χ2v) is 6.94. The fourth-order valence-corrected chi connectivity index (χ4v) is 3.83. The molecule has 0 aliphatic carbocycles. The molecule has 0 spiro atoms. The van der Waals surface area contributed by atoms with Gasteiger partial charge in [-0.3, -0.25) is 14.7 Å². The number of likely N-dealkylation sites (tertiary alicyclic amines) is 1. The van der Waals surface area contributed by atoms with Crippen LogP contribution in [0, 0.1) is 0 Å². The van der Waals surface area contributed by atoms with Crippen molar-refractivity contribution >= 4 is 0 Å². The lowest BCUT2D eigenvalue weighted by Crippen LogP contribution is -2.34. The zero-order valence-corrected chi connectivity index (χ0v) is 15.1. The zero-order chi connectivity index (χ0) is 17.8. The van der Waals surface area contributed by atoms with Crippen LogP contribution < -0.4 is 4.74 Å². The molecule has 0 amide bonds. The van der Waals surface area contributed by atoms with Crippen molar-refractivity contribution in [3.63, 3.8) is 0 Å². The SMILES string of the molecule is COc1ccc(CN2CCCC(c3ccn[nH]3)C2)cc1Cn1cccn1. The zero-order valence-electron chi connectivity index (χ0n) is 15.1. The third kappa shape index (κ3) is 3.80. The number of benzene rings is 1. The number of hydrogen-bond donors (Lipinski definition) is 1. The molecular weight excluding hydrogens is 326 g/mol. The predicted molar refractivity (Wildman–Crippen MR) is 100 cm³/mol. The van der Waals surface area contributed by atoms with Crippen LogP contribution >= 0.6 is 0 Å². The Bertz CT molecular complexity index is 813. The number of rotatable bonds is 6. The molecule has 0 radical (unpaired) electrons. The number of methoxy groups -OCH3 is 1. The number of aromatic amines is 1. The fourth-order valence-electron chi connectivity index (χ4n) is 3.83. The van der Waals surface area contributed by atoms with Crippen LogP contribution in [0.5, 0.6) is 5.75 Å². The first-order chi connectivity index (χ1) is 12.8. The van der Waals surface area contributed by atoms with E-state index < -0.39 is 0 Å². The topological polar surface area (TPSA) is 59.0 Å². The smallest absolute Gasteiger partial charge is 0.123 e. The highest BCUT2D eigenvalue weighted by Gasteiger charge is 2.22. The molecule has 26 heavy (non-hydrogen) atoms. The van der Waals surface area contributed by atoms with Gasteiger partial charge in [-0.25, -0.2) is 0 Å². The normalized spacial score (nSPS) is 18.1. The number of nitrogens with zero attached hydrogens (tertiary/aromatic N) is 4. The van der Waals surface area contributed by atoms with Crippen LogP contribution in [-0.4, -0.2) is 45.1 Å². The molecule has 3 aromatic rings. The van der Waals surface area contributed by atoms with Crippen molar-refractivity contribution in [1.29, 1.82) is 0 Å². The maximum Gasteiger partial charge on any atom is 0.123 e. The first-order valence-corrected chi connectivity index (χ1v) is 9.16. The van der Waals surface area contributed by atoms with Crippen molar-refractivity contribution in [2.24, 2.45) is 0 Å². The standard InChI is InChI=1S/C20H25N5O/c1-26-20-6-5-16(12-18(20)15-25-11-3-8-22-25)13-24-10-2-4-17(14-24)19-7-9-21-23-19/h3,5-9,11-12,17H,2,4,10,13-15H2,1H3,(H,21,23). The Balaban J connectivity index is 1.47. The van der Waals surface area contributed by atoms with E-state index in [9.17, 15) is 0 Å². The summed E-state index contributed by atoms with van der Waals surface area (Å²) in [5.41, 5.74) is 3.73. The van der Waals surface area contributed by atoms with Gasteiger partial charge in [-0.2, -0.15) is 10.2 Å². The molecular formula is C20H25N5O. The van der Waals surface area contributed by atoms with Crippen LogP contribution in [-0.2, 0) is 13.1 Å². The Labute approximate surface area is 153 Å². The van der Waals surface area contributed by atoms with Gasteiger partial charge >= 0.3 is 0 Å². The molecule has 1 aliphatic heterocycles. The van der Waals surface area contributed by atoms with E-state index in [1.54, 1.807) is 13.3 Å². The van der Waals surface area contributed by atoms with E-state index in [0.717, 1.165) is 37.5 Å². The van der Waals surface area contributed by atoms with Gasteiger partial charge in [0.2, 0.25) is 0 Å². The molecule has 3 heterocycles. The van der Waals surface area contributed by atoms with Gasteiger partial charge < -0.3 is 4.74 Å². The largest absolute Gasteiger partial charge is 0.496 e. The molecule has 1 aromatic carbocycles. The summed E-state index contributed by atoms with van der Waals surface area (Å²) in [6.45, 7) is 3.90. The Kier molecular flexibility index (Phi) is 5.02. The van der Waals surface area contributed by atoms with E-state index in [0.29, 0.717) is 5.92 Å². The molecule has 136 valence electrons. The molecule has 1 atom stereocenters. The molecule has 1 saturated heterocycles. The van der Waals surface area contributed by atoms with Crippen LogP contribution in [0.3, 0.4) is 0 Å². The first-order valence-electron chi connectivity index (χ1n) is 9.16. The minimum Gasteiger partial charge on any atom is -0.496 e. The number of hydrogen-bond acceptors (Lipinski definition) is 4. The number of ether oxygens (including phenoxy) is 1. The average Bonchev–Trinajstić information content (AvgIpc) is 3.36. The summed E-state index contributed by atoms with van der Waals surface area (Å²) in [6, 6.07) is 10.5. The molecule has 1 unspecified atom stereocenters. The second kappa shape index (κ2) is 7.74. The fraction of sp³-hybridized carbons (Fsp3) is 0.400. The van der Waals surface area contributed by atoms with E-state index in [1.807, 2.05) is 23.1 Å². The monoisotopic (exact) mass is 351 g/mol. The number of nitrogens with one attached hydrogen (secondary N) is 1. The van der Waals surface area contributed by atoms with Gasteiger partial charge in [0.1, 0.15) is 5.75 Å². The highest BCUT2D eigenvalue weighted by Crippen LogP contribution is 2.27. The Morgan fingerprint density at radius 3 is 2.96 bits per heavy atom. The van der Waals surface area contributed by atoms with Crippen molar-refractivity contribution in [3.05, 3.63) is 65.7 Å². The third-order valence-electron chi connectivity index (χ3n) is 5.11. The molecule has 2 aromatic heterocycles. The quantitative estimate of drug-likeness (QED) is 0.742. The first kappa shape index (κ1) is 16.8. The van der Waals surface area contributed by atoms with E-state index in [1.165, 1.54) is 24.1 Å². The van der Waals surface area contributed by atoms with Crippen LogP contribution in [0.2, 0.25) is 0 Å². The Morgan fingerprint density at radius 1 is 1.23 bits per heavy atom. The summed E-state index contributed by atoms with van der Waals surface area (Å²) in [7, 11) is 1.72. The van der Waals surface area contributed by atoms with Crippen molar-refractivity contribution in [3.8, 4) is 5.75 Å². The minimum absolute atomic E-state index is 0.549. The Hall–Kier alpha value is -2.60. The third-order valence-corrected chi connectivity index (χ3v) is 5.11. The lowest BCUT2D eigenvalue weighted by Gasteiger charge is -2.32. The summed E-state index contributed by atoms with van der Waals surface area (Å²) in [6.07, 6.45) is 8.08. The highest BCUT2D eigenvalue weighted by molar-refractivity contribution is 5.37. The molecule has 6 nitrogen and oxygen atoms in total. The van der Waals surface area contributed by atoms with E-state index in [2.05, 4.69) is 44.5 Å². The Morgan fingerprint density at radius 2 is 2.19 bits per heavy atom. The second-order valence-electron chi connectivity index (χ2n) is 6.94. The van der Waals surface area contributed by atoms with Gasteiger partial charge in [-0.1, -0.05) is 6.07 Å². The summed E-state index contributed by atoms with van der Waals surface area (Å²) in [5, 5.41) is 11.6. The lowest BCUT2D eigenvalue weighted by atomic mass is 9.94. The maximum absolute atomic E-state index is 5.54. The van der Waals surface area contributed by atoms with Gasteiger partial charge in [-0.05, 0) is 49.2 Å². The average molecular weight is 351 g/mol. The highest BCUT2D eigenvalue weighted by atomic mass is 16.5. The van der Waals surface area contributed by atoms with Gasteiger partial charge in [0.25, 0.3) is 0 Å². The number of piperidine rings is 1. The number of H-pyrrole nitrogens is 1. The predicted octanol–water partition coefficient (Wildman–Crippen LogP) is 3.04. The van der Waals surface area contributed by atoms with Crippen molar-refractivity contribution < 1.29 is 4.74 Å². The summed E-state index contributed by atoms with van der Waals surface area (Å²) in [5.74, 6) is 1.46. The molecule has 1 fully saturated rings. The van der Waals surface area contributed by atoms with E-state index in [4.69, 9.17) is 4.74 Å². The van der Waals surface area contributed by atoms with Gasteiger partial charge in [0, 0.05) is 48.9 Å². The lowest BCUT2D eigenvalue weighted by molar-refractivity contribution is 0.198. The molecule has 6 heteroatoms. The van der Waals surface area contributed by atoms with E-state index in [-0.39, 0.29) is 0 Å².